The molecule has 0 atom stereocenters. The monoisotopic (exact) mass is 500 g/mol. The van der Waals surface area contributed by atoms with Crippen LogP contribution in [0.2, 0.25) is 0 Å². The number of sulfone groups is 1. The Hall–Kier alpha value is 1.11. The standard InChI is InChI=1S/C8H7BrI2O2S/c9-7-3-1-2-6(4-7)5-14(12,13)8(10)11/h1-4,8H,5H2. The highest BCUT2D eigenvalue weighted by atomic mass is 127. The van der Waals surface area contributed by atoms with Gasteiger partial charge in [0.1, 0.15) is 0 Å². The molecule has 0 spiro atoms. The molecule has 6 heteroatoms. The second-order valence-corrected chi connectivity index (χ2v) is 12.3. The van der Waals surface area contributed by atoms with Gasteiger partial charge in [0, 0.05) is 4.47 Å². The Labute approximate surface area is 119 Å². The lowest BCUT2D eigenvalue weighted by Crippen LogP contribution is -2.10. The van der Waals surface area contributed by atoms with Gasteiger partial charge < -0.3 is 0 Å². The molecule has 14 heavy (non-hydrogen) atoms. The predicted molar refractivity (Wildman–Crippen MR) is 78.6 cm³/mol. The molecule has 0 aliphatic carbocycles. The lowest BCUT2D eigenvalue weighted by molar-refractivity contribution is 0.600. The molecule has 0 fully saturated rings. The minimum absolute atomic E-state index is 0.100. The molecule has 1 rings (SSSR count). The fourth-order valence-electron chi connectivity index (χ4n) is 0.922. The first kappa shape index (κ1) is 13.2. The zero-order valence-electron chi connectivity index (χ0n) is 6.95. The van der Waals surface area contributed by atoms with Crippen LogP contribution in [0.15, 0.2) is 28.7 Å². The van der Waals surface area contributed by atoms with Crippen LogP contribution in [0.25, 0.3) is 0 Å². The van der Waals surface area contributed by atoms with Crippen LogP contribution >= 0.6 is 61.1 Å². The third kappa shape index (κ3) is 3.93. The Morgan fingerprint density at radius 3 is 2.50 bits per heavy atom. The molecule has 1 aromatic rings. The zero-order valence-corrected chi connectivity index (χ0v) is 13.7. The summed E-state index contributed by atoms with van der Waals surface area (Å²) in [6.45, 7) is 0. The minimum Gasteiger partial charge on any atom is -0.227 e. The molecular formula is C8H7BrI2O2S. The summed E-state index contributed by atoms with van der Waals surface area (Å²) in [7, 11) is -3.02. The lowest BCUT2D eigenvalue weighted by Gasteiger charge is -2.05. The summed E-state index contributed by atoms with van der Waals surface area (Å²) in [5.74, 6) is 0.100. The molecule has 0 heterocycles. The van der Waals surface area contributed by atoms with Crippen molar-refractivity contribution < 1.29 is 8.42 Å². The normalized spacial score (nSPS) is 12.0. The fourth-order valence-corrected chi connectivity index (χ4v) is 3.22. The summed E-state index contributed by atoms with van der Waals surface area (Å²) < 4.78 is 23.7. The van der Waals surface area contributed by atoms with Crippen LogP contribution in [0.3, 0.4) is 0 Å². The van der Waals surface area contributed by atoms with Crippen molar-refractivity contribution in [2.24, 2.45) is 0 Å². The van der Waals surface area contributed by atoms with E-state index in [1.807, 2.05) is 69.4 Å². The molecule has 0 bridgehead atoms. The van der Waals surface area contributed by atoms with Gasteiger partial charge in [-0.05, 0) is 17.7 Å². The van der Waals surface area contributed by atoms with E-state index in [0.29, 0.717) is 0 Å². The Bertz CT molecular complexity index is 417. The first-order valence-corrected chi connectivity index (χ1v) is 8.66. The Kier molecular flexibility index (Phi) is 5.12. The van der Waals surface area contributed by atoms with Gasteiger partial charge in [0.25, 0.3) is 0 Å². The van der Waals surface area contributed by atoms with Crippen LogP contribution in [0, 0.1) is 0 Å². The Morgan fingerprint density at radius 1 is 1.36 bits per heavy atom. The van der Waals surface area contributed by atoms with E-state index >= 15 is 0 Å². The van der Waals surface area contributed by atoms with Crippen molar-refractivity contribution in [2.75, 3.05) is 0 Å². The van der Waals surface area contributed by atoms with Crippen molar-refractivity contribution in [3.63, 3.8) is 0 Å². The quantitative estimate of drug-likeness (QED) is 0.470. The maximum Gasteiger partial charge on any atom is 0.175 e. The maximum atomic E-state index is 11.6. The zero-order chi connectivity index (χ0) is 10.8. The van der Waals surface area contributed by atoms with Crippen LogP contribution in [-0.2, 0) is 15.6 Å². The van der Waals surface area contributed by atoms with Crippen LogP contribution in [0.1, 0.15) is 5.56 Å². The van der Waals surface area contributed by atoms with Crippen molar-refractivity contribution in [1.29, 1.82) is 0 Å². The average molecular weight is 501 g/mol. The molecule has 0 aromatic heterocycles. The van der Waals surface area contributed by atoms with E-state index in [9.17, 15) is 8.42 Å². The average Bonchev–Trinajstić information content (AvgIpc) is 2.02. The summed E-state index contributed by atoms with van der Waals surface area (Å²) in [5.41, 5.74) is 0.817. The van der Waals surface area contributed by atoms with Gasteiger partial charge in [0.15, 0.2) is 11.1 Å². The molecule has 0 unspecified atom stereocenters. The van der Waals surface area contributed by atoms with E-state index in [0.717, 1.165) is 10.0 Å². The minimum atomic E-state index is -3.02. The van der Waals surface area contributed by atoms with Gasteiger partial charge in [-0.15, -0.1) is 0 Å². The van der Waals surface area contributed by atoms with Crippen LogP contribution in [0.4, 0.5) is 0 Å². The summed E-state index contributed by atoms with van der Waals surface area (Å²) in [4.78, 5) is 0. The molecule has 0 radical (unpaired) electrons. The Balaban J connectivity index is 2.90. The molecule has 0 aliphatic rings. The summed E-state index contributed by atoms with van der Waals surface area (Å²) in [6, 6.07) is 7.36. The second kappa shape index (κ2) is 5.44. The number of hydrogen-bond acceptors (Lipinski definition) is 2. The predicted octanol–water partition coefficient (Wildman–Crippen LogP) is 3.52. The first-order chi connectivity index (χ1) is 6.42. The van der Waals surface area contributed by atoms with Gasteiger partial charge in [-0.25, -0.2) is 8.42 Å². The van der Waals surface area contributed by atoms with E-state index < -0.39 is 9.84 Å². The number of benzene rings is 1. The summed E-state index contributed by atoms with van der Waals surface area (Å²) >= 11 is 7.12. The molecule has 0 saturated heterocycles. The van der Waals surface area contributed by atoms with E-state index in [1.54, 1.807) is 0 Å². The third-order valence-electron chi connectivity index (χ3n) is 1.53. The van der Waals surface area contributed by atoms with E-state index in [1.165, 1.54) is 0 Å². The maximum absolute atomic E-state index is 11.6. The molecular weight excluding hydrogens is 494 g/mol. The van der Waals surface area contributed by atoms with Crippen molar-refractivity contribution in [3.8, 4) is 0 Å². The molecule has 0 saturated carbocycles. The summed E-state index contributed by atoms with van der Waals surface area (Å²) in [6.07, 6.45) is 0. The van der Waals surface area contributed by atoms with Gasteiger partial charge in [0.2, 0.25) is 0 Å². The molecule has 0 aliphatic heterocycles. The van der Waals surface area contributed by atoms with Gasteiger partial charge in [0.05, 0.1) is 5.75 Å². The highest BCUT2D eigenvalue weighted by Gasteiger charge is 2.19. The van der Waals surface area contributed by atoms with E-state index in [-0.39, 0.29) is 7.02 Å². The number of halogens is 3. The number of hydrogen-bond donors (Lipinski definition) is 0. The lowest BCUT2D eigenvalue weighted by atomic mass is 10.2. The molecule has 1 aromatic carbocycles. The number of alkyl halides is 2. The SMILES string of the molecule is O=S(=O)(Cc1cccc(Br)c1)C(I)I. The van der Waals surface area contributed by atoms with E-state index in [4.69, 9.17) is 0 Å². The van der Waals surface area contributed by atoms with Crippen LogP contribution in [-0.4, -0.2) is 9.68 Å². The van der Waals surface area contributed by atoms with Gasteiger partial charge in [-0.1, -0.05) is 73.2 Å². The third-order valence-corrected chi connectivity index (χ3v) is 7.95. The second-order valence-electron chi connectivity index (χ2n) is 2.70. The van der Waals surface area contributed by atoms with Crippen molar-refractivity contribution in [3.05, 3.63) is 34.3 Å². The Morgan fingerprint density at radius 2 is 2.00 bits per heavy atom. The topological polar surface area (TPSA) is 34.1 Å². The van der Waals surface area contributed by atoms with Gasteiger partial charge in [-0.2, -0.15) is 0 Å². The van der Waals surface area contributed by atoms with Crippen molar-refractivity contribution in [2.45, 2.75) is 7.02 Å². The van der Waals surface area contributed by atoms with Gasteiger partial charge >= 0.3 is 0 Å². The molecule has 0 N–H and O–H groups in total. The van der Waals surface area contributed by atoms with Crippen LogP contribution < -0.4 is 0 Å². The fraction of sp³-hybridized carbons (Fsp3) is 0.250. The molecule has 2 nitrogen and oxygen atoms in total. The smallest absolute Gasteiger partial charge is 0.175 e. The highest BCUT2D eigenvalue weighted by molar-refractivity contribution is 14.2. The van der Waals surface area contributed by atoms with Crippen molar-refractivity contribution >= 4 is 70.9 Å². The molecule has 0 amide bonds. The molecule has 78 valence electrons. The van der Waals surface area contributed by atoms with Gasteiger partial charge in [-0.3, -0.25) is 0 Å². The largest absolute Gasteiger partial charge is 0.227 e. The highest BCUT2D eigenvalue weighted by Crippen LogP contribution is 2.23. The van der Waals surface area contributed by atoms with Crippen LogP contribution in [0.5, 0.6) is 0 Å². The van der Waals surface area contributed by atoms with Crippen molar-refractivity contribution in [1.82, 2.24) is 0 Å². The summed E-state index contributed by atoms with van der Waals surface area (Å²) in [5, 5.41) is 0. The van der Waals surface area contributed by atoms with E-state index in [2.05, 4.69) is 15.9 Å². The number of rotatable bonds is 3. The first-order valence-electron chi connectivity index (χ1n) is 3.66.